The fraction of sp³-hybridized carbons (Fsp3) is 0.435. The summed E-state index contributed by atoms with van der Waals surface area (Å²) in [6.45, 7) is 2.84. The second-order valence-corrected chi connectivity index (χ2v) is 10.6. The van der Waals surface area contributed by atoms with Crippen LogP contribution in [0.2, 0.25) is 5.02 Å². The van der Waals surface area contributed by atoms with Crippen molar-refractivity contribution in [2.45, 2.75) is 43.9 Å². The number of benzene rings is 2. The van der Waals surface area contributed by atoms with Crippen LogP contribution in [-0.2, 0) is 21.2 Å². The first-order chi connectivity index (χ1) is 14.7. The van der Waals surface area contributed by atoms with Crippen molar-refractivity contribution in [2.75, 3.05) is 19.7 Å². The molecule has 1 saturated heterocycles. The molecule has 31 heavy (non-hydrogen) atoms. The van der Waals surface area contributed by atoms with Gasteiger partial charge in [-0.15, -0.1) is 0 Å². The normalized spacial score (nSPS) is 19.8. The van der Waals surface area contributed by atoms with Gasteiger partial charge in [-0.1, -0.05) is 43.1 Å². The van der Waals surface area contributed by atoms with Crippen LogP contribution in [0.1, 0.15) is 38.2 Å². The van der Waals surface area contributed by atoms with Crippen LogP contribution in [0, 0.1) is 5.41 Å². The van der Waals surface area contributed by atoms with Crippen molar-refractivity contribution in [1.29, 1.82) is 0 Å². The Morgan fingerprint density at radius 1 is 1.23 bits per heavy atom. The molecule has 0 spiro atoms. The lowest BCUT2D eigenvalue weighted by molar-refractivity contribution is -0.121. The Morgan fingerprint density at radius 2 is 1.97 bits per heavy atom. The monoisotopic (exact) mass is 464 g/mol. The lowest BCUT2D eigenvalue weighted by atomic mass is 9.78. The van der Waals surface area contributed by atoms with E-state index < -0.39 is 21.3 Å². The van der Waals surface area contributed by atoms with E-state index in [-0.39, 0.29) is 24.5 Å². The summed E-state index contributed by atoms with van der Waals surface area (Å²) >= 11 is 6.03. The Kier molecular flexibility index (Phi) is 7.62. The van der Waals surface area contributed by atoms with Crippen LogP contribution in [0.15, 0.2) is 53.4 Å². The zero-order chi connectivity index (χ0) is 22.5. The molecule has 0 unspecified atom stereocenters. The van der Waals surface area contributed by atoms with Gasteiger partial charge in [0.25, 0.3) is 0 Å². The van der Waals surface area contributed by atoms with Gasteiger partial charge in [-0.05, 0) is 55.2 Å². The van der Waals surface area contributed by atoms with Gasteiger partial charge in [-0.2, -0.15) is 4.31 Å². The molecular weight excluding hydrogens is 436 g/mol. The van der Waals surface area contributed by atoms with E-state index in [2.05, 4.69) is 6.92 Å². The third kappa shape index (κ3) is 5.99. The summed E-state index contributed by atoms with van der Waals surface area (Å²) in [6, 6.07) is 14.0. The summed E-state index contributed by atoms with van der Waals surface area (Å²) in [6.07, 6.45) is 3.24. The number of rotatable bonds is 9. The Hall–Kier alpha value is -2.09. The Balaban J connectivity index is 1.81. The number of nitrogens with zero attached hydrogens (tertiary/aromatic N) is 1. The van der Waals surface area contributed by atoms with Crippen LogP contribution >= 0.6 is 11.6 Å². The zero-order valence-electron chi connectivity index (χ0n) is 17.7. The fourth-order valence-corrected chi connectivity index (χ4v) is 5.88. The first kappa shape index (κ1) is 23.6. The van der Waals surface area contributed by atoms with Crippen molar-refractivity contribution in [1.82, 2.24) is 4.31 Å². The second-order valence-electron chi connectivity index (χ2n) is 8.23. The van der Waals surface area contributed by atoms with Gasteiger partial charge in [0.2, 0.25) is 15.9 Å². The van der Waals surface area contributed by atoms with Crippen molar-refractivity contribution in [3.05, 3.63) is 59.1 Å². The van der Waals surface area contributed by atoms with Gasteiger partial charge in [-0.25, -0.2) is 8.42 Å². The van der Waals surface area contributed by atoms with E-state index in [1.54, 1.807) is 36.4 Å². The molecule has 0 aliphatic carbocycles. The number of carbonyl (C=O) groups excluding carboxylic acids is 1. The molecule has 8 heteroatoms. The van der Waals surface area contributed by atoms with Crippen molar-refractivity contribution in [3.8, 4) is 5.75 Å². The van der Waals surface area contributed by atoms with Gasteiger partial charge < -0.3 is 10.5 Å². The number of carbonyl (C=O) groups is 1. The van der Waals surface area contributed by atoms with Crippen LogP contribution in [-0.4, -0.2) is 38.3 Å². The molecule has 6 nitrogen and oxygen atoms in total. The number of sulfonamides is 1. The topological polar surface area (TPSA) is 89.7 Å². The quantitative estimate of drug-likeness (QED) is 0.606. The van der Waals surface area contributed by atoms with Crippen LogP contribution in [0.5, 0.6) is 5.75 Å². The highest BCUT2D eigenvalue weighted by atomic mass is 35.5. The average Bonchev–Trinajstić information content (AvgIpc) is 2.73. The van der Waals surface area contributed by atoms with Crippen molar-refractivity contribution >= 4 is 27.5 Å². The van der Waals surface area contributed by atoms with Crippen LogP contribution < -0.4 is 10.5 Å². The lowest BCUT2D eigenvalue weighted by Gasteiger charge is -2.41. The largest absolute Gasteiger partial charge is 0.493 e. The molecule has 1 aliphatic rings. The molecule has 0 radical (unpaired) electrons. The molecular formula is C23H29ClN2O4S. The van der Waals surface area contributed by atoms with Gasteiger partial charge in [0.05, 0.1) is 11.5 Å². The number of hydrogen-bond acceptors (Lipinski definition) is 4. The van der Waals surface area contributed by atoms with E-state index in [1.165, 1.54) is 4.31 Å². The molecule has 0 bridgehead atoms. The lowest BCUT2D eigenvalue weighted by Crippen LogP contribution is -2.50. The fourth-order valence-electron chi connectivity index (χ4n) is 4.11. The Morgan fingerprint density at radius 3 is 2.61 bits per heavy atom. The molecule has 168 valence electrons. The number of ether oxygens (including phenoxy) is 1. The number of primary amides is 1. The second kappa shape index (κ2) is 10.0. The first-order valence-electron chi connectivity index (χ1n) is 10.5. The molecule has 0 aromatic heterocycles. The summed E-state index contributed by atoms with van der Waals surface area (Å²) in [5, 5.41) is 0.542. The van der Waals surface area contributed by atoms with Gasteiger partial charge in [0.1, 0.15) is 5.75 Å². The standard InChI is InChI=1S/C23H29ClN2O4S/c1-2-5-18-8-10-21(11-9-18)31(28,29)26-13-4-12-23(16-26,15-22(25)27)17-30-20-7-3-6-19(24)14-20/h3,6-11,14H,2,4-5,12-13,15-17H2,1H3,(H2,25,27)/t23-/m0/s1. The first-order valence-corrected chi connectivity index (χ1v) is 12.3. The Labute approximate surface area is 189 Å². The maximum absolute atomic E-state index is 13.3. The van der Waals surface area contributed by atoms with E-state index in [1.807, 2.05) is 12.1 Å². The minimum atomic E-state index is -3.69. The van der Waals surface area contributed by atoms with E-state index in [0.29, 0.717) is 30.2 Å². The number of amides is 1. The van der Waals surface area contributed by atoms with Gasteiger partial charge >= 0.3 is 0 Å². The molecule has 1 fully saturated rings. The molecule has 2 aromatic carbocycles. The van der Waals surface area contributed by atoms with Crippen LogP contribution in [0.3, 0.4) is 0 Å². The smallest absolute Gasteiger partial charge is 0.243 e. The van der Waals surface area contributed by atoms with E-state index in [0.717, 1.165) is 18.4 Å². The number of aryl methyl sites for hydroxylation is 1. The molecule has 2 aromatic rings. The number of hydrogen-bond donors (Lipinski definition) is 1. The highest BCUT2D eigenvalue weighted by Gasteiger charge is 2.42. The van der Waals surface area contributed by atoms with Gasteiger partial charge in [0.15, 0.2) is 0 Å². The van der Waals surface area contributed by atoms with Crippen molar-refractivity contribution < 1.29 is 17.9 Å². The Bertz CT molecular complexity index is 1010. The predicted octanol–water partition coefficient (Wildman–Crippen LogP) is 4.02. The summed E-state index contributed by atoms with van der Waals surface area (Å²) in [5.41, 5.74) is 5.95. The van der Waals surface area contributed by atoms with E-state index in [9.17, 15) is 13.2 Å². The highest BCUT2D eigenvalue weighted by Crippen LogP contribution is 2.37. The average molecular weight is 465 g/mol. The molecule has 2 N–H and O–H groups in total. The zero-order valence-corrected chi connectivity index (χ0v) is 19.3. The summed E-state index contributed by atoms with van der Waals surface area (Å²) in [7, 11) is -3.69. The molecule has 1 amide bonds. The highest BCUT2D eigenvalue weighted by molar-refractivity contribution is 7.89. The maximum Gasteiger partial charge on any atom is 0.243 e. The van der Waals surface area contributed by atoms with E-state index in [4.69, 9.17) is 22.1 Å². The summed E-state index contributed by atoms with van der Waals surface area (Å²) < 4.78 is 34.0. The van der Waals surface area contributed by atoms with Gasteiger partial charge in [0, 0.05) is 29.9 Å². The SMILES string of the molecule is CCCc1ccc(S(=O)(=O)N2CCC[C@](COc3cccc(Cl)c3)(CC(N)=O)C2)cc1. The van der Waals surface area contributed by atoms with E-state index >= 15 is 0 Å². The summed E-state index contributed by atoms with van der Waals surface area (Å²) in [4.78, 5) is 12.1. The van der Waals surface area contributed by atoms with Crippen molar-refractivity contribution in [2.24, 2.45) is 11.1 Å². The molecule has 1 atom stereocenters. The number of halogens is 1. The number of piperidine rings is 1. The third-order valence-electron chi connectivity index (χ3n) is 5.62. The number of nitrogens with two attached hydrogens (primary N) is 1. The predicted molar refractivity (Wildman–Crippen MR) is 122 cm³/mol. The maximum atomic E-state index is 13.3. The van der Waals surface area contributed by atoms with Crippen LogP contribution in [0.4, 0.5) is 0 Å². The van der Waals surface area contributed by atoms with Gasteiger partial charge in [-0.3, -0.25) is 4.79 Å². The summed E-state index contributed by atoms with van der Waals surface area (Å²) in [5.74, 6) is 0.0979. The molecule has 3 rings (SSSR count). The minimum Gasteiger partial charge on any atom is -0.493 e. The van der Waals surface area contributed by atoms with Crippen LogP contribution in [0.25, 0.3) is 0 Å². The molecule has 1 heterocycles. The third-order valence-corrected chi connectivity index (χ3v) is 7.71. The van der Waals surface area contributed by atoms with Crippen molar-refractivity contribution in [3.63, 3.8) is 0 Å². The molecule has 0 saturated carbocycles. The minimum absolute atomic E-state index is 0.0506. The molecule has 1 aliphatic heterocycles.